The van der Waals surface area contributed by atoms with E-state index < -0.39 is 34.4 Å². The number of rotatable bonds is 7. The molecule has 150 valence electrons. The number of hydrogen-bond acceptors (Lipinski definition) is 3. The minimum Gasteiger partial charge on any atom is -0.384 e. The molecule has 0 unspecified atom stereocenters. The molecule has 0 fully saturated rings. The number of aromatic nitrogens is 3. The molecule has 2 aromatic heterocycles. The second kappa shape index (κ2) is 8.17. The molecule has 29 heavy (non-hydrogen) atoms. The highest BCUT2D eigenvalue weighted by atomic mass is 19.2. The Morgan fingerprint density at radius 3 is 2.38 bits per heavy atom. The second-order valence-electron chi connectivity index (χ2n) is 6.01. The third kappa shape index (κ3) is 3.84. The maximum absolute atomic E-state index is 13.8. The topological polar surface area (TPSA) is 73.6 Å². The van der Waals surface area contributed by atoms with Gasteiger partial charge in [0.25, 0.3) is 5.56 Å². The van der Waals surface area contributed by atoms with Crippen LogP contribution in [0.2, 0.25) is 0 Å². The third-order valence-corrected chi connectivity index (χ3v) is 4.25. The van der Waals surface area contributed by atoms with Crippen molar-refractivity contribution in [3.05, 3.63) is 82.1 Å². The fourth-order valence-electron chi connectivity index (χ4n) is 2.86. The van der Waals surface area contributed by atoms with Crippen LogP contribution in [-0.2, 0) is 6.42 Å². The van der Waals surface area contributed by atoms with E-state index in [2.05, 4.69) is 33.4 Å². The molecule has 0 saturated heterocycles. The fraction of sp³-hybridized carbons (Fsp3) is 0.100. The van der Waals surface area contributed by atoms with Crippen LogP contribution in [0.15, 0.2) is 36.3 Å². The van der Waals surface area contributed by atoms with E-state index >= 15 is 0 Å². The molecule has 0 saturated carbocycles. The smallest absolute Gasteiger partial charge is 0.261 e. The zero-order chi connectivity index (χ0) is 21.1. The molecular formula is C20H16F4N4O. The lowest BCUT2D eigenvalue weighted by atomic mass is 10.1. The van der Waals surface area contributed by atoms with Gasteiger partial charge in [-0.1, -0.05) is 13.2 Å². The monoisotopic (exact) mass is 404 g/mol. The molecule has 3 rings (SSSR count). The molecule has 0 radical (unpaired) electrons. The van der Waals surface area contributed by atoms with E-state index in [-0.39, 0.29) is 30.4 Å². The van der Waals surface area contributed by atoms with Crippen LogP contribution in [0.25, 0.3) is 23.5 Å². The third-order valence-electron chi connectivity index (χ3n) is 4.25. The van der Waals surface area contributed by atoms with Crippen LogP contribution in [0.1, 0.15) is 17.0 Å². The first-order chi connectivity index (χ1) is 13.9. The summed E-state index contributed by atoms with van der Waals surface area (Å²) in [5.41, 5.74) is 0.319. The zero-order valence-corrected chi connectivity index (χ0v) is 15.1. The van der Waals surface area contributed by atoms with Crippen LogP contribution in [0.3, 0.4) is 0 Å². The summed E-state index contributed by atoms with van der Waals surface area (Å²) in [7, 11) is 0. The quantitative estimate of drug-likeness (QED) is 0.407. The van der Waals surface area contributed by atoms with Crippen LogP contribution in [0.4, 0.5) is 23.2 Å². The summed E-state index contributed by atoms with van der Waals surface area (Å²) >= 11 is 0. The molecule has 9 heteroatoms. The highest BCUT2D eigenvalue weighted by Crippen LogP contribution is 2.24. The number of anilines is 1. The average Bonchev–Trinajstić information content (AvgIpc) is 3.12. The maximum Gasteiger partial charge on any atom is 0.261 e. The molecule has 5 nitrogen and oxygen atoms in total. The van der Waals surface area contributed by atoms with E-state index in [1.54, 1.807) is 0 Å². The van der Waals surface area contributed by atoms with Gasteiger partial charge in [-0.05, 0) is 24.6 Å². The Morgan fingerprint density at radius 2 is 1.79 bits per heavy atom. The number of H-pyrrole nitrogens is 2. The van der Waals surface area contributed by atoms with Crippen molar-refractivity contribution < 1.29 is 17.6 Å². The van der Waals surface area contributed by atoms with Gasteiger partial charge in [0.2, 0.25) is 0 Å². The minimum atomic E-state index is -1.47. The predicted molar refractivity (Wildman–Crippen MR) is 103 cm³/mol. The first-order valence-electron chi connectivity index (χ1n) is 8.50. The van der Waals surface area contributed by atoms with Gasteiger partial charge in [0.1, 0.15) is 11.4 Å². The second-order valence-corrected chi connectivity index (χ2v) is 6.01. The molecule has 3 N–H and O–H groups in total. The Morgan fingerprint density at radius 1 is 1.10 bits per heavy atom. The maximum atomic E-state index is 13.8. The van der Waals surface area contributed by atoms with Crippen LogP contribution in [0, 0.1) is 23.3 Å². The summed E-state index contributed by atoms with van der Waals surface area (Å²) in [6.07, 6.45) is 4.03. The highest BCUT2D eigenvalue weighted by molar-refractivity contribution is 5.74. The number of imidazole rings is 1. The van der Waals surface area contributed by atoms with Gasteiger partial charge < -0.3 is 15.3 Å². The number of nitrogens with one attached hydrogen (secondary N) is 3. The standard InChI is InChI=1S/C20H16F4N4O/c1-3-13-14(4-2)28-19(27-13)16-15(6-8-26-20(16)29)25-7-5-10-17(23)11(21)9-12(22)18(10)24/h3-4,6,8-9H,1-2,5,7H2,(H,27,28)(H2,25,26,29). The molecular weight excluding hydrogens is 388 g/mol. The summed E-state index contributed by atoms with van der Waals surface area (Å²) in [6.45, 7) is 7.19. The number of nitrogens with zero attached hydrogens (tertiary/aromatic N) is 1. The van der Waals surface area contributed by atoms with E-state index in [0.717, 1.165) is 0 Å². The van der Waals surface area contributed by atoms with Crippen LogP contribution >= 0.6 is 0 Å². The summed E-state index contributed by atoms with van der Waals surface area (Å²) in [6, 6.07) is 1.68. The molecule has 0 aliphatic heterocycles. The Labute approximate surface area is 162 Å². The fourth-order valence-corrected chi connectivity index (χ4v) is 2.86. The summed E-state index contributed by atoms with van der Waals surface area (Å²) < 4.78 is 54.3. The first kappa shape index (κ1) is 20.1. The molecule has 3 aromatic rings. The van der Waals surface area contributed by atoms with Crippen molar-refractivity contribution in [3.63, 3.8) is 0 Å². The molecule has 0 amide bonds. The largest absolute Gasteiger partial charge is 0.384 e. The number of aromatic amines is 2. The number of halogens is 4. The van der Waals surface area contributed by atoms with Crippen LogP contribution < -0.4 is 10.9 Å². The molecule has 0 aliphatic rings. The summed E-state index contributed by atoms with van der Waals surface area (Å²) in [4.78, 5) is 22.1. The van der Waals surface area contributed by atoms with Gasteiger partial charge in [-0.2, -0.15) is 0 Å². The zero-order valence-electron chi connectivity index (χ0n) is 15.1. The summed E-state index contributed by atoms with van der Waals surface area (Å²) in [5.74, 6) is -5.61. The van der Waals surface area contributed by atoms with Gasteiger partial charge >= 0.3 is 0 Å². The van der Waals surface area contributed by atoms with Gasteiger partial charge in [-0.25, -0.2) is 22.5 Å². The van der Waals surface area contributed by atoms with E-state index in [0.29, 0.717) is 17.1 Å². The van der Waals surface area contributed by atoms with Crippen LogP contribution in [0.5, 0.6) is 0 Å². The Balaban J connectivity index is 1.90. The molecule has 0 aliphatic carbocycles. The van der Waals surface area contributed by atoms with Gasteiger partial charge in [-0.15, -0.1) is 0 Å². The molecule has 0 atom stereocenters. The Bertz CT molecular complexity index is 1100. The van der Waals surface area contributed by atoms with E-state index in [1.807, 2.05) is 0 Å². The van der Waals surface area contributed by atoms with E-state index in [4.69, 9.17) is 0 Å². The SMILES string of the molecule is C=Cc1nc(-c2c(NCCc3c(F)c(F)cc(F)c3F)cc[nH]c2=O)[nH]c1C=C. The van der Waals surface area contributed by atoms with Crippen LogP contribution in [-0.4, -0.2) is 21.5 Å². The lowest BCUT2D eigenvalue weighted by Gasteiger charge is -2.11. The first-order valence-corrected chi connectivity index (χ1v) is 8.50. The Hall–Kier alpha value is -3.62. The molecule has 2 heterocycles. The number of pyridine rings is 1. The normalized spacial score (nSPS) is 10.8. The minimum absolute atomic E-state index is 0.101. The summed E-state index contributed by atoms with van der Waals surface area (Å²) in [5, 5.41) is 2.85. The lowest BCUT2D eigenvalue weighted by Crippen LogP contribution is -2.15. The van der Waals surface area contributed by atoms with Crippen molar-refractivity contribution in [1.82, 2.24) is 15.0 Å². The predicted octanol–water partition coefficient (Wildman–Crippen LogP) is 4.26. The van der Waals surface area contributed by atoms with Crippen molar-refractivity contribution in [3.8, 4) is 11.4 Å². The van der Waals surface area contributed by atoms with Gasteiger partial charge in [0.05, 0.1) is 17.1 Å². The van der Waals surface area contributed by atoms with Crippen molar-refractivity contribution >= 4 is 17.8 Å². The number of hydrogen-bond donors (Lipinski definition) is 3. The average molecular weight is 404 g/mol. The van der Waals surface area contributed by atoms with Crippen molar-refractivity contribution in [2.75, 3.05) is 11.9 Å². The van der Waals surface area contributed by atoms with Gasteiger partial charge in [0.15, 0.2) is 23.3 Å². The molecule has 1 aromatic carbocycles. The molecule has 0 bridgehead atoms. The van der Waals surface area contributed by atoms with Crippen molar-refractivity contribution in [2.45, 2.75) is 6.42 Å². The number of benzene rings is 1. The van der Waals surface area contributed by atoms with E-state index in [1.165, 1.54) is 24.4 Å². The van der Waals surface area contributed by atoms with E-state index in [9.17, 15) is 22.4 Å². The highest BCUT2D eigenvalue weighted by Gasteiger charge is 2.19. The van der Waals surface area contributed by atoms with Gasteiger partial charge in [-0.3, -0.25) is 4.79 Å². The lowest BCUT2D eigenvalue weighted by molar-refractivity contribution is 0.439. The molecule has 0 spiro atoms. The van der Waals surface area contributed by atoms with Crippen molar-refractivity contribution in [2.24, 2.45) is 0 Å². The van der Waals surface area contributed by atoms with Gasteiger partial charge in [0, 0.05) is 24.4 Å². The van der Waals surface area contributed by atoms with Crippen molar-refractivity contribution in [1.29, 1.82) is 0 Å². The Kier molecular flexibility index (Phi) is 5.67.